The summed E-state index contributed by atoms with van der Waals surface area (Å²) in [7, 11) is 0. The molecule has 3 aromatic rings. The molecule has 1 aromatic heterocycles. The minimum Gasteiger partial charge on any atom is -0.373 e. The topological polar surface area (TPSA) is 85.3 Å². The highest BCUT2D eigenvalue weighted by atomic mass is 16.5. The Bertz CT molecular complexity index is 1030. The number of nitrogens with zero attached hydrogens (tertiary/aromatic N) is 2. The van der Waals surface area contributed by atoms with Crippen molar-refractivity contribution in [1.82, 2.24) is 9.78 Å². The number of rotatable bonds is 6. The molecular formula is C23H24N4O3. The first-order valence-corrected chi connectivity index (χ1v) is 9.99. The Morgan fingerprint density at radius 1 is 1.13 bits per heavy atom. The third-order valence-corrected chi connectivity index (χ3v) is 5.18. The zero-order valence-electron chi connectivity index (χ0n) is 16.7. The van der Waals surface area contributed by atoms with E-state index in [9.17, 15) is 9.59 Å². The molecule has 0 spiro atoms. The highest BCUT2D eigenvalue weighted by molar-refractivity contribution is 5.95. The predicted octanol–water partition coefficient (Wildman–Crippen LogP) is 3.73. The number of fused-ring (bicyclic) bond motifs is 1. The molecule has 154 valence electrons. The summed E-state index contributed by atoms with van der Waals surface area (Å²) in [6.45, 7) is 2.39. The number of carbonyl (C=O) groups excluding carboxylic acids is 2. The molecule has 0 radical (unpaired) electrons. The van der Waals surface area contributed by atoms with Gasteiger partial charge in [-0.05, 0) is 48.7 Å². The van der Waals surface area contributed by atoms with Crippen LogP contribution in [0.2, 0.25) is 0 Å². The summed E-state index contributed by atoms with van der Waals surface area (Å²) in [6.07, 6.45) is 4.24. The molecule has 7 heteroatoms. The Hall–Kier alpha value is -3.45. The molecule has 4 rings (SSSR count). The van der Waals surface area contributed by atoms with Crippen LogP contribution in [0, 0.1) is 0 Å². The number of amides is 2. The van der Waals surface area contributed by atoms with Gasteiger partial charge in [-0.25, -0.2) is 0 Å². The number of hydrogen-bond donors (Lipinski definition) is 2. The van der Waals surface area contributed by atoms with Crippen LogP contribution in [-0.2, 0) is 20.7 Å². The van der Waals surface area contributed by atoms with E-state index in [4.69, 9.17) is 4.74 Å². The van der Waals surface area contributed by atoms with Crippen LogP contribution in [0.4, 0.5) is 11.4 Å². The van der Waals surface area contributed by atoms with Crippen molar-refractivity contribution in [1.29, 1.82) is 0 Å². The van der Waals surface area contributed by atoms with Crippen LogP contribution < -0.4 is 10.6 Å². The van der Waals surface area contributed by atoms with E-state index >= 15 is 0 Å². The summed E-state index contributed by atoms with van der Waals surface area (Å²) in [4.78, 5) is 25.0. The fourth-order valence-electron chi connectivity index (χ4n) is 3.58. The lowest BCUT2D eigenvalue weighted by Crippen LogP contribution is -2.24. The normalized spacial score (nSPS) is 16.4. The van der Waals surface area contributed by atoms with Gasteiger partial charge in [0.2, 0.25) is 11.8 Å². The fraction of sp³-hybridized carbons (Fsp3) is 0.261. The van der Waals surface area contributed by atoms with Crippen LogP contribution in [0.15, 0.2) is 67.0 Å². The van der Waals surface area contributed by atoms with Gasteiger partial charge < -0.3 is 15.4 Å². The van der Waals surface area contributed by atoms with Gasteiger partial charge in [0.25, 0.3) is 0 Å². The Kier molecular flexibility index (Phi) is 5.90. The summed E-state index contributed by atoms with van der Waals surface area (Å²) in [5.74, 6) is -0.320. The van der Waals surface area contributed by atoms with E-state index in [0.29, 0.717) is 18.0 Å². The third-order valence-electron chi connectivity index (χ3n) is 5.18. The molecule has 2 amide bonds. The quantitative estimate of drug-likeness (QED) is 0.656. The van der Waals surface area contributed by atoms with Crippen molar-refractivity contribution >= 4 is 23.2 Å². The Labute approximate surface area is 175 Å². The van der Waals surface area contributed by atoms with Crippen molar-refractivity contribution in [3.05, 3.63) is 78.1 Å². The van der Waals surface area contributed by atoms with E-state index in [1.54, 1.807) is 54.3 Å². The van der Waals surface area contributed by atoms with Gasteiger partial charge in [0.05, 0.1) is 19.1 Å². The Morgan fingerprint density at radius 3 is 2.73 bits per heavy atom. The second-order valence-electron chi connectivity index (χ2n) is 7.29. The van der Waals surface area contributed by atoms with E-state index in [0.717, 1.165) is 12.0 Å². The number of carbonyl (C=O) groups is 2. The average Bonchev–Trinajstić information content (AvgIpc) is 3.28. The van der Waals surface area contributed by atoms with Crippen molar-refractivity contribution in [2.75, 3.05) is 17.2 Å². The first kappa shape index (κ1) is 19.8. The van der Waals surface area contributed by atoms with Crippen molar-refractivity contribution in [2.24, 2.45) is 0 Å². The van der Waals surface area contributed by atoms with E-state index < -0.39 is 6.04 Å². The third kappa shape index (κ3) is 4.58. The van der Waals surface area contributed by atoms with Gasteiger partial charge in [-0.1, -0.05) is 30.3 Å². The summed E-state index contributed by atoms with van der Waals surface area (Å²) >= 11 is 0. The van der Waals surface area contributed by atoms with Gasteiger partial charge in [-0.15, -0.1) is 0 Å². The first-order valence-electron chi connectivity index (χ1n) is 9.99. The molecule has 2 unspecified atom stereocenters. The van der Waals surface area contributed by atoms with E-state index in [-0.39, 0.29) is 24.3 Å². The highest BCUT2D eigenvalue weighted by Crippen LogP contribution is 2.30. The number of aromatic nitrogens is 2. The maximum absolute atomic E-state index is 12.6. The maximum Gasteiger partial charge on any atom is 0.248 e. The summed E-state index contributed by atoms with van der Waals surface area (Å²) in [6, 6.07) is 16.5. The first-order chi connectivity index (χ1) is 14.6. The molecule has 0 saturated heterocycles. The summed E-state index contributed by atoms with van der Waals surface area (Å²) in [5.41, 5.74) is 3.54. The zero-order valence-corrected chi connectivity index (χ0v) is 16.7. The molecule has 30 heavy (non-hydrogen) atoms. The van der Waals surface area contributed by atoms with Gasteiger partial charge >= 0.3 is 0 Å². The molecule has 0 aliphatic carbocycles. The molecule has 1 aliphatic rings. The van der Waals surface area contributed by atoms with Crippen LogP contribution in [0.1, 0.15) is 36.6 Å². The van der Waals surface area contributed by atoms with Gasteiger partial charge in [0.15, 0.2) is 0 Å². The van der Waals surface area contributed by atoms with Gasteiger partial charge in [-0.2, -0.15) is 5.10 Å². The number of ether oxygens (including phenoxy) is 1. The van der Waals surface area contributed by atoms with Gasteiger partial charge in [-0.3, -0.25) is 14.3 Å². The van der Waals surface area contributed by atoms with Crippen LogP contribution in [0.3, 0.4) is 0 Å². The lowest BCUT2D eigenvalue weighted by molar-refractivity contribution is -0.120. The second kappa shape index (κ2) is 8.92. The minimum absolute atomic E-state index is 0.134. The molecule has 2 heterocycles. The van der Waals surface area contributed by atoms with Crippen LogP contribution in [0.5, 0.6) is 0 Å². The Morgan fingerprint density at radius 2 is 1.93 bits per heavy atom. The van der Waals surface area contributed by atoms with Crippen molar-refractivity contribution < 1.29 is 14.3 Å². The van der Waals surface area contributed by atoms with Gasteiger partial charge in [0.1, 0.15) is 6.04 Å². The average molecular weight is 404 g/mol. The number of hydrogen-bond acceptors (Lipinski definition) is 4. The highest BCUT2D eigenvalue weighted by Gasteiger charge is 2.23. The fourth-order valence-corrected chi connectivity index (χ4v) is 3.58. The predicted molar refractivity (Wildman–Crippen MR) is 114 cm³/mol. The summed E-state index contributed by atoms with van der Waals surface area (Å²) in [5, 5.41) is 9.86. The van der Waals surface area contributed by atoms with Crippen LogP contribution >= 0.6 is 0 Å². The monoisotopic (exact) mass is 404 g/mol. The van der Waals surface area contributed by atoms with Crippen molar-refractivity contribution in [2.45, 2.75) is 31.9 Å². The van der Waals surface area contributed by atoms with Gasteiger partial charge in [0, 0.05) is 23.8 Å². The Balaban J connectivity index is 1.37. The van der Waals surface area contributed by atoms with Crippen molar-refractivity contribution in [3.63, 3.8) is 0 Å². The summed E-state index contributed by atoms with van der Waals surface area (Å²) < 4.78 is 7.41. The zero-order chi connectivity index (χ0) is 20.9. The van der Waals surface area contributed by atoms with Crippen molar-refractivity contribution in [3.8, 4) is 0 Å². The van der Waals surface area contributed by atoms with E-state index in [2.05, 4.69) is 21.8 Å². The molecule has 1 aliphatic heterocycles. The molecule has 0 bridgehead atoms. The molecule has 2 atom stereocenters. The molecule has 0 saturated carbocycles. The number of benzene rings is 2. The lowest BCUT2D eigenvalue weighted by atomic mass is 9.95. The second-order valence-corrected chi connectivity index (χ2v) is 7.29. The molecule has 2 aromatic carbocycles. The van der Waals surface area contributed by atoms with Crippen LogP contribution in [-0.4, -0.2) is 28.2 Å². The molecular weight excluding hydrogens is 380 g/mol. The van der Waals surface area contributed by atoms with Crippen LogP contribution in [0.25, 0.3) is 0 Å². The molecule has 7 nitrogen and oxygen atoms in total. The smallest absolute Gasteiger partial charge is 0.248 e. The minimum atomic E-state index is -0.443. The van der Waals surface area contributed by atoms with E-state index in [1.807, 2.05) is 18.2 Å². The molecule has 0 fully saturated rings. The van der Waals surface area contributed by atoms with E-state index in [1.165, 1.54) is 5.56 Å². The number of nitrogens with one attached hydrogen (secondary N) is 2. The SMILES string of the molecule is CC(C(=O)Nc1cccc(NC(=O)CC2OCCc3ccccc32)c1)n1cccn1. The standard InChI is InChI=1S/C23H24N4O3/c1-16(27-12-5-11-24-27)23(29)26-19-8-4-7-18(14-19)25-22(28)15-21-20-9-3-2-6-17(20)10-13-30-21/h2-9,11-12,14,16,21H,10,13,15H2,1H3,(H,25,28)(H,26,29). The molecule has 2 N–H and O–H groups in total. The number of anilines is 2. The lowest BCUT2D eigenvalue weighted by Gasteiger charge is -2.25. The maximum atomic E-state index is 12.6. The largest absolute Gasteiger partial charge is 0.373 e.